The normalized spacial score (nSPS) is 23.7. The van der Waals surface area contributed by atoms with Crippen LogP contribution in [0.1, 0.15) is 54.0 Å². The van der Waals surface area contributed by atoms with Crippen molar-refractivity contribution in [2.75, 3.05) is 41.3 Å². The Kier molecular flexibility index (Phi) is 12.9. The summed E-state index contributed by atoms with van der Waals surface area (Å²) in [7, 11) is 7.00. The first kappa shape index (κ1) is 44.3. The lowest BCUT2D eigenvalue weighted by atomic mass is 9.54. The van der Waals surface area contributed by atoms with Crippen molar-refractivity contribution in [1.29, 1.82) is 0 Å². The third-order valence-electron chi connectivity index (χ3n) is 11.9. The summed E-state index contributed by atoms with van der Waals surface area (Å²) in [5.74, 6) is -7.72. The second-order valence-electron chi connectivity index (χ2n) is 16.1. The van der Waals surface area contributed by atoms with Crippen molar-refractivity contribution in [1.82, 2.24) is 9.80 Å². The maximum atomic E-state index is 13.7. The zero-order chi connectivity index (χ0) is 44.5. The number of aliphatic hydroxyl groups is 4. The summed E-state index contributed by atoms with van der Waals surface area (Å²) in [5, 5.41) is 64.6. The fourth-order valence-electron chi connectivity index (χ4n) is 8.95. The predicted molar refractivity (Wildman–Crippen MR) is 232 cm³/mol. The molecule has 0 saturated heterocycles. The van der Waals surface area contributed by atoms with Gasteiger partial charge in [0.05, 0.1) is 23.6 Å². The van der Waals surface area contributed by atoms with Crippen LogP contribution in [0.3, 0.4) is 0 Å². The highest BCUT2D eigenvalue weighted by atomic mass is 16.5. The minimum absolute atomic E-state index is 0.0245. The van der Waals surface area contributed by atoms with E-state index in [4.69, 9.17) is 10.5 Å². The number of phenolic OH excluding ortho intramolecular Hbond substituents is 2. The molecule has 0 spiro atoms. The summed E-state index contributed by atoms with van der Waals surface area (Å²) in [4.78, 5) is 42.1. The molecule has 1 fully saturated rings. The molecule has 3 aliphatic carbocycles. The molecule has 3 aliphatic rings. The molecule has 1 amide bonds. The van der Waals surface area contributed by atoms with Crippen LogP contribution in [-0.4, -0.2) is 117 Å². The number of aromatic hydroxyl groups is 2. The van der Waals surface area contributed by atoms with Gasteiger partial charge in [-0.3, -0.25) is 19.3 Å². The number of carbonyl (C=O) groups excluding carboxylic acids is 3. The molecule has 320 valence electrons. The molecule has 4 aromatic carbocycles. The Hall–Kier alpha value is -6.25. The average Bonchev–Trinajstić information content (AvgIpc) is 3.22. The molecule has 61 heavy (non-hydrogen) atoms. The lowest BCUT2D eigenvalue weighted by molar-refractivity contribution is -0.169. The maximum absolute atomic E-state index is 13.7. The van der Waals surface area contributed by atoms with Gasteiger partial charge >= 0.3 is 0 Å². The highest BCUT2D eigenvalue weighted by Crippen LogP contribution is 2.56. The van der Waals surface area contributed by atoms with Crippen LogP contribution in [0.15, 0.2) is 114 Å². The molecule has 7 rings (SSSR count). The molecule has 0 aliphatic heterocycles. The minimum Gasteiger partial charge on any atom is -0.508 e. The third kappa shape index (κ3) is 8.05. The van der Waals surface area contributed by atoms with Crippen LogP contribution in [0.25, 0.3) is 16.9 Å². The first-order valence-electron chi connectivity index (χ1n) is 20.1. The molecule has 4 aromatic rings. The zero-order valence-corrected chi connectivity index (χ0v) is 35.0. The van der Waals surface area contributed by atoms with E-state index in [1.165, 1.54) is 41.8 Å². The van der Waals surface area contributed by atoms with Gasteiger partial charge in [-0.05, 0) is 104 Å². The second-order valence-corrected chi connectivity index (χ2v) is 16.1. The Morgan fingerprint density at radius 2 is 1.43 bits per heavy atom. The van der Waals surface area contributed by atoms with Crippen LogP contribution in [0.4, 0.5) is 0 Å². The predicted octanol–water partition coefficient (Wildman–Crippen LogP) is 5.20. The number of ketones is 2. The summed E-state index contributed by atoms with van der Waals surface area (Å²) in [5.41, 5.74) is 7.36. The van der Waals surface area contributed by atoms with E-state index in [0.29, 0.717) is 12.2 Å². The monoisotopic (exact) mass is 831 g/mol. The van der Waals surface area contributed by atoms with Gasteiger partial charge in [-0.2, -0.15) is 0 Å². The molecule has 0 unspecified atom stereocenters. The number of phenols is 2. The van der Waals surface area contributed by atoms with E-state index in [2.05, 4.69) is 48.2 Å². The van der Waals surface area contributed by atoms with Gasteiger partial charge in [-0.25, -0.2) is 0 Å². The Morgan fingerprint density at radius 3 is 1.98 bits per heavy atom. The van der Waals surface area contributed by atoms with Crippen LogP contribution < -0.4 is 10.5 Å². The number of Topliss-reactive ketones (excluding diaryl/α,β-unsaturated/α-hetero) is 2. The van der Waals surface area contributed by atoms with E-state index in [1.807, 2.05) is 44.4 Å². The van der Waals surface area contributed by atoms with Crippen molar-refractivity contribution in [2.24, 2.45) is 17.6 Å². The number of amides is 1. The number of nitrogens with two attached hydrogens (primary N) is 1. The van der Waals surface area contributed by atoms with Crippen molar-refractivity contribution >= 4 is 34.4 Å². The number of likely N-dealkylation sites (N-methyl/N-ethyl adjacent to an activating group) is 2. The topological polar surface area (TPSA) is 214 Å². The minimum atomic E-state index is -2.89. The summed E-state index contributed by atoms with van der Waals surface area (Å²) < 4.78 is 5.85. The van der Waals surface area contributed by atoms with Gasteiger partial charge in [0, 0.05) is 18.0 Å². The van der Waals surface area contributed by atoms with Crippen molar-refractivity contribution in [3.05, 3.63) is 142 Å². The number of allylic oxidation sites excluding steroid dienone is 1. The van der Waals surface area contributed by atoms with Gasteiger partial charge in [-0.1, -0.05) is 80.6 Å². The van der Waals surface area contributed by atoms with Gasteiger partial charge in [0.15, 0.2) is 11.4 Å². The number of benzene rings is 4. The number of aliphatic hydroxyl groups excluding tert-OH is 3. The Morgan fingerprint density at radius 1 is 0.820 bits per heavy atom. The summed E-state index contributed by atoms with van der Waals surface area (Å²) in [6, 6.07) is 29.3. The maximum Gasteiger partial charge on any atom is 0.255 e. The smallest absolute Gasteiger partial charge is 0.255 e. The van der Waals surface area contributed by atoms with Gasteiger partial charge in [0.25, 0.3) is 5.91 Å². The van der Waals surface area contributed by atoms with Gasteiger partial charge in [0.2, 0.25) is 5.78 Å². The number of carbonyl (C=O) groups is 3. The molecule has 8 N–H and O–H groups in total. The van der Waals surface area contributed by atoms with Crippen LogP contribution in [-0.2, 0) is 14.4 Å². The number of primary amides is 1. The highest BCUT2D eigenvalue weighted by molar-refractivity contribution is 6.24. The number of ether oxygens (including phenoxy) is 1. The van der Waals surface area contributed by atoms with Crippen molar-refractivity contribution < 1.29 is 49.8 Å². The van der Waals surface area contributed by atoms with E-state index in [0.717, 1.165) is 29.8 Å². The lowest BCUT2D eigenvalue weighted by Gasteiger charge is -2.53. The van der Waals surface area contributed by atoms with Crippen LogP contribution in [0.2, 0.25) is 0 Å². The van der Waals surface area contributed by atoms with E-state index in [-0.39, 0.29) is 17.1 Å². The fourth-order valence-corrected chi connectivity index (χ4v) is 8.95. The second kappa shape index (κ2) is 17.8. The van der Waals surface area contributed by atoms with Crippen LogP contribution in [0.5, 0.6) is 17.2 Å². The molecule has 0 heterocycles. The number of hydrogen-bond acceptors (Lipinski definition) is 12. The quantitative estimate of drug-likeness (QED) is 0.0812. The number of fused-ring (bicyclic) bond motifs is 3. The molecule has 0 aromatic heterocycles. The third-order valence-corrected chi connectivity index (χ3v) is 11.9. The molecular formula is C48H53N3O10. The molecule has 13 heteroatoms. The highest BCUT2D eigenvalue weighted by Gasteiger charge is 2.68. The van der Waals surface area contributed by atoms with E-state index < -0.39 is 75.6 Å². The molecule has 13 nitrogen and oxygen atoms in total. The molecular weight excluding hydrogens is 779 g/mol. The standard InChI is InChI=1S/C26H29NO2.C22H24N2O8/c1-4-25(20-8-6-5-7-9-20)26(21-10-14-23(28)15-11-21)22-12-16-24(17-13-22)29-19-18-27(2)3;1-7-8-5-4-6-9(25)11(8)16(26)12-10(7)17(27)14-15(24(2)3)18(28)13(21(23)31)20(30)22(14,32)19(12)29/h5-17,28H,4,18-19H2,1-3H3;4-7,10,14-15,17,25-27,30,32H,1-3H3,(H2,23,31)/b26-25-;/t;7-,10+,14+,15-,17-,22-/m.0/s1. The summed E-state index contributed by atoms with van der Waals surface area (Å²) >= 11 is 0. The number of nitrogens with zero attached hydrogens (tertiary/aromatic N) is 2. The SMILES string of the molecule is CC/C(=C(\c1ccc(O)cc1)c1ccc(OCCN(C)C)cc1)c1ccccc1.C[C@H]1c2cccc(O)c2C(O)=C2C(=O)[C@]3(O)C(O)=C(C(N)=O)C(=O)[C@@H](N(C)C)[C@@H]3[C@@H](O)[C@@H]21. The van der Waals surface area contributed by atoms with Crippen LogP contribution >= 0.6 is 0 Å². The largest absolute Gasteiger partial charge is 0.508 e. The Labute approximate surface area is 355 Å². The molecule has 1 saturated carbocycles. The Bertz CT molecular complexity index is 2400. The van der Waals surface area contributed by atoms with E-state index in [1.54, 1.807) is 31.2 Å². The fraction of sp³-hybridized carbons (Fsp3) is 0.312. The molecule has 6 atom stereocenters. The molecule has 0 bridgehead atoms. The van der Waals surface area contributed by atoms with Crippen molar-refractivity contribution in [3.63, 3.8) is 0 Å². The van der Waals surface area contributed by atoms with E-state index in [9.17, 15) is 45.0 Å². The van der Waals surface area contributed by atoms with Crippen LogP contribution in [0, 0.1) is 11.8 Å². The Balaban J connectivity index is 0.000000205. The lowest BCUT2D eigenvalue weighted by Crippen LogP contribution is -2.70. The summed E-state index contributed by atoms with van der Waals surface area (Å²) in [6.45, 7) is 5.41. The first-order valence-corrected chi connectivity index (χ1v) is 20.1. The first-order chi connectivity index (χ1) is 28.9. The molecule has 0 radical (unpaired) electrons. The van der Waals surface area contributed by atoms with Gasteiger partial charge in [0.1, 0.15) is 40.9 Å². The van der Waals surface area contributed by atoms with Crippen molar-refractivity contribution in [2.45, 2.75) is 43.9 Å². The number of hydrogen-bond donors (Lipinski definition) is 7. The average molecular weight is 832 g/mol. The van der Waals surface area contributed by atoms with Gasteiger partial charge in [-0.15, -0.1) is 0 Å². The van der Waals surface area contributed by atoms with Gasteiger partial charge < -0.3 is 46.0 Å². The zero-order valence-electron chi connectivity index (χ0n) is 35.0. The van der Waals surface area contributed by atoms with Crippen molar-refractivity contribution in [3.8, 4) is 17.2 Å². The van der Waals surface area contributed by atoms with E-state index >= 15 is 0 Å². The summed E-state index contributed by atoms with van der Waals surface area (Å²) in [6.07, 6.45) is -0.685. The number of rotatable bonds is 10.